The fourth-order valence-electron chi connectivity index (χ4n) is 3.57. The van der Waals surface area contributed by atoms with Gasteiger partial charge in [0.05, 0.1) is 17.2 Å². The van der Waals surface area contributed by atoms with Gasteiger partial charge in [-0.15, -0.1) is 0 Å². The minimum Gasteiger partial charge on any atom is -0.493 e. The molecule has 0 N–H and O–H groups in total. The number of carbonyl (C=O) groups excluding carboxylic acids is 2. The molecule has 0 radical (unpaired) electrons. The molecule has 160 valence electrons. The zero-order chi connectivity index (χ0) is 21.7. The highest BCUT2D eigenvalue weighted by Crippen LogP contribution is 2.24. The fourth-order valence-corrected chi connectivity index (χ4v) is 4.06. The summed E-state index contributed by atoms with van der Waals surface area (Å²) < 4.78 is 5.88. The van der Waals surface area contributed by atoms with E-state index in [0.29, 0.717) is 61.2 Å². The van der Waals surface area contributed by atoms with E-state index < -0.39 is 0 Å². The summed E-state index contributed by atoms with van der Waals surface area (Å²) in [6.45, 7) is 6.56. The molecule has 0 bridgehead atoms. The van der Waals surface area contributed by atoms with Crippen molar-refractivity contribution in [1.29, 1.82) is 0 Å². The third kappa shape index (κ3) is 5.46. The van der Waals surface area contributed by atoms with Crippen LogP contribution < -0.4 is 4.74 Å². The number of piperazine rings is 1. The van der Waals surface area contributed by atoms with Crippen molar-refractivity contribution < 1.29 is 14.3 Å². The normalized spacial score (nSPS) is 14.0. The van der Waals surface area contributed by atoms with Gasteiger partial charge in [-0.25, -0.2) is 0 Å². The summed E-state index contributed by atoms with van der Waals surface area (Å²) >= 11 is 12.1. The molecule has 0 saturated carbocycles. The number of halogens is 2. The molecule has 0 atom stereocenters. The molecule has 3 rings (SSSR count). The van der Waals surface area contributed by atoms with E-state index >= 15 is 0 Å². The highest BCUT2D eigenvalue weighted by atomic mass is 35.5. The first-order chi connectivity index (χ1) is 14.4. The maximum atomic E-state index is 12.7. The van der Waals surface area contributed by atoms with Gasteiger partial charge in [0.15, 0.2) is 0 Å². The Kier molecular flexibility index (Phi) is 7.62. The maximum Gasteiger partial charge on any atom is 0.255 e. The first-order valence-corrected chi connectivity index (χ1v) is 10.8. The van der Waals surface area contributed by atoms with E-state index in [1.807, 2.05) is 36.9 Å². The van der Waals surface area contributed by atoms with Crippen molar-refractivity contribution in [2.24, 2.45) is 0 Å². The number of carbonyl (C=O) groups is 2. The van der Waals surface area contributed by atoms with Crippen LogP contribution in [0.5, 0.6) is 5.75 Å². The van der Waals surface area contributed by atoms with Crippen LogP contribution in [-0.4, -0.2) is 54.4 Å². The highest BCUT2D eigenvalue weighted by Gasteiger charge is 2.25. The molecule has 1 aliphatic rings. The molecule has 2 aromatic carbocycles. The molecule has 0 aliphatic carbocycles. The Bertz CT molecular complexity index is 904. The van der Waals surface area contributed by atoms with Crippen molar-refractivity contribution >= 4 is 35.0 Å². The van der Waals surface area contributed by atoms with E-state index in [1.165, 1.54) is 0 Å². The number of nitrogens with zero attached hydrogens (tertiary/aromatic N) is 2. The molecule has 1 fully saturated rings. The summed E-state index contributed by atoms with van der Waals surface area (Å²) in [7, 11) is 0. The minimum atomic E-state index is -0.134. The molecule has 1 aliphatic heterocycles. The van der Waals surface area contributed by atoms with Gasteiger partial charge in [0, 0.05) is 37.6 Å². The van der Waals surface area contributed by atoms with Gasteiger partial charge >= 0.3 is 0 Å². The van der Waals surface area contributed by atoms with Crippen LogP contribution in [0.2, 0.25) is 10.0 Å². The van der Waals surface area contributed by atoms with Crippen LogP contribution in [0.4, 0.5) is 0 Å². The molecule has 30 heavy (non-hydrogen) atoms. The number of para-hydroxylation sites is 1. The summed E-state index contributed by atoms with van der Waals surface area (Å²) in [5, 5.41) is 0.837. The number of aryl methyl sites for hydroxylation is 2. The maximum absolute atomic E-state index is 12.7. The van der Waals surface area contributed by atoms with E-state index in [1.54, 1.807) is 23.1 Å². The number of hydrogen-bond donors (Lipinski definition) is 0. The van der Waals surface area contributed by atoms with Crippen molar-refractivity contribution in [3.05, 3.63) is 63.1 Å². The van der Waals surface area contributed by atoms with Crippen LogP contribution in [0.15, 0.2) is 36.4 Å². The average molecular weight is 449 g/mol. The number of rotatable bonds is 6. The quantitative estimate of drug-likeness (QED) is 0.598. The Hall–Kier alpha value is -2.24. The number of amides is 2. The average Bonchev–Trinajstić information content (AvgIpc) is 2.72. The Balaban J connectivity index is 1.43. The van der Waals surface area contributed by atoms with E-state index in [9.17, 15) is 9.59 Å². The van der Waals surface area contributed by atoms with Crippen LogP contribution in [0.25, 0.3) is 0 Å². The summed E-state index contributed by atoms with van der Waals surface area (Å²) in [4.78, 5) is 28.7. The molecule has 1 saturated heterocycles. The summed E-state index contributed by atoms with van der Waals surface area (Å²) in [5.41, 5.74) is 2.63. The van der Waals surface area contributed by atoms with Gasteiger partial charge in [-0.3, -0.25) is 9.59 Å². The molecular formula is C23H26Cl2N2O3. The Morgan fingerprint density at radius 2 is 1.60 bits per heavy atom. The zero-order valence-electron chi connectivity index (χ0n) is 17.3. The zero-order valence-corrected chi connectivity index (χ0v) is 18.8. The Labute approximate surface area is 187 Å². The SMILES string of the molecule is Cc1cccc(C)c1OCCCC(=O)N1CCN(C(=O)c2ccc(Cl)cc2Cl)CC1. The highest BCUT2D eigenvalue weighted by molar-refractivity contribution is 6.36. The second-order valence-electron chi connectivity index (χ2n) is 7.47. The molecule has 1 heterocycles. The van der Waals surface area contributed by atoms with Crippen LogP contribution in [-0.2, 0) is 4.79 Å². The van der Waals surface area contributed by atoms with Crippen molar-refractivity contribution in [3.8, 4) is 5.75 Å². The lowest BCUT2D eigenvalue weighted by Crippen LogP contribution is -2.50. The van der Waals surface area contributed by atoms with E-state index in [4.69, 9.17) is 27.9 Å². The number of hydrogen-bond acceptors (Lipinski definition) is 3. The van der Waals surface area contributed by atoms with Crippen LogP contribution in [0.1, 0.15) is 34.3 Å². The number of benzene rings is 2. The summed E-state index contributed by atoms with van der Waals surface area (Å²) in [6, 6.07) is 10.9. The lowest BCUT2D eigenvalue weighted by molar-refractivity contribution is -0.132. The third-order valence-electron chi connectivity index (χ3n) is 5.27. The van der Waals surface area contributed by atoms with Crippen LogP contribution in [0, 0.1) is 13.8 Å². The fraction of sp³-hybridized carbons (Fsp3) is 0.391. The molecule has 0 unspecified atom stereocenters. The molecule has 2 aromatic rings. The smallest absolute Gasteiger partial charge is 0.255 e. The van der Waals surface area contributed by atoms with Crippen LogP contribution >= 0.6 is 23.2 Å². The molecular weight excluding hydrogens is 423 g/mol. The summed E-state index contributed by atoms with van der Waals surface area (Å²) in [6.07, 6.45) is 1.09. The second kappa shape index (κ2) is 10.2. The topological polar surface area (TPSA) is 49.9 Å². The van der Waals surface area contributed by atoms with Crippen molar-refractivity contribution in [2.45, 2.75) is 26.7 Å². The minimum absolute atomic E-state index is 0.0942. The largest absolute Gasteiger partial charge is 0.493 e. The van der Waals surface area contributed by atoms with Gasteiger partial charge in [-0.05, 0) is 49.6 Å². The monoisotopic (exact) mass is 448 g/mol. The van der Waals surface area contributed by atoms with Crippen molar-refractivity contribution in [2.75, 3.05) is 32.8 Å². The summed E-state index contributed by atoms with van der Waals surface area (Å²) in [5.74, 6) is 0.862. The van der Waals surface area contributed by atoms with Gasteiger partial charge in [0.25, 0.3) is 5.91 Å². The van der Waals surface area contributed by atoms with Gasteiger partial charge in [-0.2, -0.15) is 0 Å². The van der Waals surface area contributed by atoms with Gasteiger partial charge < -0.3 is 14.5 Å². The second-order valence-corrected chi connectivity index (χ2v) is 8.31. The predicted molar refractivity (Wildman–Crippen MR) is 120 cm³/mol. The first-order valence-electron chi connectivity index (χ1n) is 10.1. The van der Waals surface area contributed by atoms with E-state index in [0.717, 1.165) is 16.9 Å². The van der Waals surface area contributed by atoms with E-state index in [2.05, 4.69) is 0 Å². The Morgan fingerprint density at radius 3 is 2.23 bits per heavy atom. The third-order valence-corrected chi connectivity index (χ3v) is 5.82. The predicted octanol–water partition coefficient (Wildman–Crippen LogP) is 4.75. The molecule has 5 nitrogen and oxygen atoms in total. The van der Waals surface area contributed by atoms with Crippen molar-refractivity contribution in [1.82, 2.24) is 9.80 Å². The van der Waals surface area contributed by atoms with Crippen LogP contribution in [0.3, 0.4) is 0 Å². The standard InChI is InChI=1S/C23H26Cl2N2O3/c1-16-5-3-6-17(2)22(16)30-14-4-7-21(28)26-10-12-27(13-11-26)23(29)19-9-8-18(24)15-20(19)25/h3,5-6,8-9,15H,4,7,10-14H2,1-2H3. The van der Waals surface area contributed by atoms with Crippen molar-refractivity contribution in [3.63, 3.8) is 0 Å². The van der Waals surface area contributed by atoms with Gasteiger partial charge in [-0.1, -0.05) is 41.4 Å². The molecule has 0 aromatic heterocycles. The van der Waals surface area contributed by atoms with Gasteiger partial charge in [0.2, 0.25) is 5.91 Å². The number of ether oxygens (including phenoxy) is 1. The molecule has 7 heteroatoms. The molecule has 2 amide bonds. The lowest BCUT2D eigenvalue weighted by atomic mass is 10.1. The molecule has 0 spiro atoms. The lowest BCUT2D eigenvalue weighted by Gasteiger charge is -2.35. The Morgan fingerprint density at radius 1 is 0.967 bits per heavy atom. The van der Waals surface area contributed by atoms with Gasteiger partial charge in [0.1, 0.15) is 5.75 Å². The first kappa shape index (κ1) is 22.4. The van der Waals surface area contributed by atoms with E-state index in [-0.39, 0.29) is 11.8 Å².